The van der Waals surface area contributed by atoms with Crippen LogP contribution in [0.1, 0.15) is 27.5 Å². The first-order chi connectivity index (χ1) is 8.75. The molecule has 4 nitrogen and oxygen atoms in total. The third-order valence-electron chi connectivity index (χ3n) is 3.38. The summed E-state index contributed by atoms with van der Waals surface area (Å²) in [4.78, 5) is 12.5. The van der Waals surface area contributed by atoms with Crippen molar-refractivity contribution < 1.29 is 4.79 Å². The van der Waals surface area contributed by atoms with Crippen LogP contribution in [0, 0.1) is 0 Å². The molecule has 2 heterocycles. The van der Waals surface area contributed by atoms with Gasteiger partial charge in [0, 0.05) is 26.3 Å². The lowest BCUT2D eigenvalue weighted by molar-refractivity contribution is 0.0949. The minimum atomic E-state index is -0.121. The Labute approximate surface area is 106 Å². The quantitative estimate of drug-likeness (QED) is 0.810. The minimum absolute atomic E-state index is 0.0928. The van der Waals surface area contributed by atoms with Gasteiger partial charge in [-0.05, 0) is 17.2 Å². The van der Waals surface area contributed by atoms with E-state index in [1.165, 1.54) is 5.56 Å². The molecule has 92 valence electrons. The van der Waals surface area contributed by atoms with Crippen LogP contribution in [0.15, 0.2) is 36.5 Å². The fourth-order valence-corrected chi connectivity index (χ4v) is 2.46. The Morgan fingerprint density at radius 1 is 1.39 bits per heavy atom. The van der Waals surface area contributed by atoms with Crippen molar-refractivity contribution in [3.63, 3.8) is 0 Å². The summed E-state index contributed by atoms with van der Waals surface area (Å²) in [7, 11) is 1.82. The normalized spacial score (nSPS) is 18.4. The highest BCUT2D eigenvalue weighted by Crippen LogP contribution is 2.26. The molecule has 0 aliphatic carbocycles. The maximum atomic E-state index is 12.5. The minimum Gasteiger partial charge on any atom is -0.312 e. The van der Waals surface area contributed by atoms with Crippen LogP contribution in [0.5, 0.6) is 0 Å². The zero-order valence-electron chi connectivity index (χ0n) is 10.3. The second-order valence-corrected chi connectivity index (χ2v) is 4.62. The Morgan fingerprint density at radius 2 is 2.22 bits per heavy atom. The highest BCUT2D eigenvalue weighted by Gasteiger charge is 2.27. The van der Waals surface area contributed by atoms with E-state index < -0.39 is 0 Å². The van der Waals surface area contributed by atoms with Crippen molar-refractivity contribution in [3.05, 3.63) is 53.3 Å². The number of nitrogens with one attached hydrogen (secondary N) is 1. The molecule has 0 fully saturated rings. The van der Waals surface area contributed by atoms with Gasteiger partial charge in [0.25, 0.3) is 0 Å². The van der Waals surface area contributed by atoms with Gasteiger partial charge >= 0.3 is 0 Å². The monoisotopic (exact) mass is 241 g/mol. The van der Waals surface area contributed by atoms with Gasteiger partial charge in [-0.2, -0.15) is 5.10 Å². The average Bonchev–Trinajstić information content (AvgIpc) is 2.84. The van der Waals surface area contributed by atoms with Gasteiger partial charge in [-0.25, -0.2) is 0 Å². The van der Waals surface area contributed by atoms with Gasteiger partial charge in [-0.15, -0.1) is 0 Å². The van der Waals surface area contributed by atoms with Crippen LogP contribution >= 0.6 is 0 Å². The lowest BCUT2D eigenvalue weighted by atomic mass is 9.87. The molecular formula is C14H15N3O. The van der Waals surface area contributed by atoms with E-state index in [2.05, 4.69) is 16.5 Å². The Bertz CT molecular complexity index is 588. The molecule has 0 saturated heterocycles. The van der Waals surface area contributed by atoms with Crippen molar-refractivity contribution in [1.29, 1.82) is 0 Å². The van der Waals surface area contributed by atoms with Gasteiger partial charge in [0.15, 0.2) is 5.78 Å². The summed E-state index contributed by atoms with van der Waals surface area (Å²) in [5, 5.41) is 7.49. The van der Waals surface area contributed by atoms with Gasteiger partial charge in [-0.3, -0.25) is 9.48 Å². The van der Waals surface area contributed by atoms with E-state index in [0.717, 1.165) is 12.1 Å². The number of fused-ring (bicyclic) bond motifs is 1. The van der Waals surface area contributed by atoms with Gasteiger partial charge in [0.1, 0.15) is 5.69 Å². The number of benzene rings is 1. The van der Waals surface area contributed by atoms with Crippen molar-refractivity contribution >= 4 is 5.78 Å². The van der Waals surface area contributed by atoms with Gasteiger partial charge in [0.2, 0.25) is 0 Å². The summed E-state index contributed by atoms with van der Waals surface area (Å²) in [6.07, 6.45) is 1.80. The Kier molecular flexibility index (Phi) is 2.72. The zero-order valence-corrected chi connectivity index (χ0v) is 10.3. The summed E-state index contributed by atoms with van der Waals surface area (Å²) >= 11 is 0. The number of carbonyl (C=O) groups is 1. The molecule has 1 atom stereocenters. The van der Waals surface area contributed by atoms with Crippen molar-refractivity contribution in [3.8, 4) is 0 Å². The van der Waals surface area contributed by atoms with E-state index in [1.807, 2.05) is 25.2 Å². The predicted octanol–water partition coefficient (Wildman–Crippen LogP) is 1.49. The number of aromatic nitrogens is 2. The van der Waals surface area contributed by atoms with Crippen molar-refractivity contribution in [1.82, 2.24) is 15.1 Å². The third-order valence-corrected chi connectivity index (χ3v) is 3.38. The van der Waals surface area contributed by atoms with E-state index in [-0.39, 0.29) is 11.7 Å². The molecule has 0 saturated carbocycles. The molecule has 2 aromatic rings. The molecule has 0 spiro atoms. The van der Waals surface area contributed by atoms with E-state index in [1.54, 1.807) is 16.9 Å². The highest BCUT2D eigenvalue weighted by molar-refractivity contribution is 5.99. The fraction of sp³-hybridized carbons (Fsp3) is 0.286. The fourth-order valence-electron chi connectivity index (χ4n) is 2.46. The van der Waals surface area contributed by atoms with Crippen LogP contribution in [0.3, 0.4) is 0 Å². The molecule has 1 aromatic heterocycles. The molecule has 0 amide bonds. The number of carbonyl (C=O) groups excluding carboxylic acids is 1. The molecule has 0 radical (unpaired) electrons. The lowest BCUT2D eigenvalue weighted by Crippen LogP contribution is -2.32. The third kappa shape index (κ3) is 1.84. The first-order valence-corrected chi connectivity index (χ1v) is 6.08. The molecule has 1 aliphatic heterocycles. The topological polar surface area (TPSA) is 46.9 Å². The van der Waals surface area contributed by atoms with Crippen LogP contribution in [-0.2, 0) is 13.6 Å². The number of ketones is 1. The number of Topliss-reactive ketones (excluding diaryl/α,β-unsaturated/α-hetero) is 1. The van der Waals surface area contributed by atoms with Crippen LogP contribution < -0.4 is 5.32 Å². The van der Waals surface area contributed by atoms with Crippen LogP contribution in [0.25, 0.3) is 0 Å². The zero-order chi connectivity index (χ0) is 12.5. The molecule has 1 N–H and O–H groups in total. The maximum absolute atomic E-state index is 12.5. The number of nitrogens with zero attached hydrogens (tertiary/aromatic N) is 2. The molecule has 18 heavy (non-hydrogen) atoms. The standard InChI is InChI=1S/C14H15N3O/c1-17-7-6-13(16-17)14(18)12-9-15-8-10-4-2-3-5-11(10)12/h2-7,12,15H,8-9H2,1H3. The molecular weight excluding hydrogens is 226 g/mol. The van der Waals surface area contributed by atoms with E-state index in [9.17, 15) is 4.79 Å². The van der Waals surface area contributed by atoms with Crippen molar-refractivity contribution in [2.24, 2.45) is 7.05 Å². The van der Waals surface area contributed by atoms with Crippen molar-refractivity contribution in [2.45, 2.75) is 12.5 Å². The molecule has 3 rings (SSSR count). The SMILES string of the molecule is Cn1ccc(C(=O)C2CNCc3ccccc32)n1. The second kappa shape index (κ2) is 4.38. The van der Waals surface area contributed by atoms with Crippen LogP contribution in [0.2, 0.25) is 0 Å². The molecule has 1 aliphatic rings. The van der Waals surface area contributed by atoms with Gasteiger partial charge < -0.3 is 5.32 Å². The molecule has 1 aromatic carbocycles. The van der Waals surface area contributed by atoms with E-state index in [4.69, 9.17) is 0 Å². The summed E-state index contributed by atoms with van der Waals surface area (Å²) in [6.45, 7) is 1.52. The Balaban J connectivity index is 1.96. The summed E-state index contributed by atoms with van der Waals surface area (Å²) in [5.74, 6) is -0.0277. The van der Waals surface area contributed by atoms with Gasteiger partial charge in [0.05, 0.1) is 5.92 Å². The maximum Gasteiger partial charge on any atom is 0.191 e. The van der Waals surface area contributed by atoms with Crippen LogP contribution in [-0.4, -0.2) is 22.1 Å². The predicted molar refractivity (Wildman–Crippen MR) is 68.4 cm³/mol. The molecule has 0 bridgehead atoms. The number of rotatable bonds is 2. The Hall–Kier alpha value is -1.94. The molecule has 4 heteroatoms. The second-order valence-electron chi connectivity index (χ2n) is 4.62. The summed E-state index contributed by atoms with van der Waals surface area (Å²) in [5.41, 5.74) is 2.88. The smallest absolute Gasteiger partial charge is 0.191 e. The summed E-state index contributed by atoms with van der Waals surface area (Å²) in [6, 6.07) is 9.89. The first kappa shape index (κ1) is 11.2. The summed E-state index contributed by atoms with van der Waals surface area (Å²) < 4.78 is 1.66. The van der Waals surface area contributed by atoms with Crippen LogP contribution in [0.4, 0.5) is 0 Å². The van der Waals surface area contributed by atoms with Crippen molar-refractivity contribution in [2.75, 3.05) is 6.54 Å². The molecule has 1 unspecified atom stereocenters. The largest absolute Gasteiger partial charge is 0.312 e. The first-order valence-electron chi connectivity index (χ1n) is 6.08. The number of hydrogen-bond donors (Lipinski definition) is 1. The highest BCUT2D eigenvalue weighted by atomic mass is 16.1. The van der Waals surface area contributed by atoms with E-state index >= 15 is 0 Å². The average molecular weight is 241 g/mol. The number of hydrogen-bond acceptors (Lipinski definition) is 3. The lowest BCUT2D eigenvalue weighted by Gasteiger charge is -2.24. The number of aryl methyl sites for hydroxylation is 1. The Morgan fingerprint density at radius 3 is 3.00 bits per heavy atom. The van der Waals surface area contributed by atoms with Gasteiger partial charge in [-0.1, -0.05) is 24.3 Å². The van der Waals surface area contributed by atoms with E-state index in [0.29, 0.717) is 12.2 Å².